The molecule has 8 nitrogen and oxygen atoms in total. The average Bonchev–Trinajstić information content (AvgIpc) is 2.93. The van der Waals surface area contributed by atoms with E-state index in [4.69, 9.17) is 0 Å². The number of benzene rings is 1. The van der Waals surface area contributed by atoms with Crippen LogP contribution in [0.15, 0.2) is 42.7 Å². The summed E-state index contributed by atoms with van der Waals surface area (Å²) >= 11 is 0. The van der Waals surface area contributed by atoms with Crippen molar-refractivity contribution in [1.29, 1.82) is 0 Å². The quantitative estimate of drug-likeness (QED) is 0.695. The minimum Gasteiger partial charge on any atom is -0.380 e. The Kier molecular flexibility index (Phi) is 4.33. The Morgan fingerprint density at radius 2 is 1.96 bits per heavy atom. The van der Waals surface area contributed by atoms with Crippen molar-refractivity contribution >= 4 is 23.4 Å². The lowest BCUT2D eigenvalue weighted by molar-refractivity contribution is -0.139. The predicted octanol–water partition coefficient (Wildman–Crippen LogP) is 0.946. The van der Waals surface area contributed by atoms with Gasteiger partial charge in [0.05, 0.1) is 5.56 Å². The number of rotatable bonds is 4. The Bertz CT molecular complexity index is 915. The number of nitrogens with one attached hydrogen (secondary N) is 2. The van der Waals surface area contributed by atoms with Crippen LogP contribution in [0.25, 0.3) is 0 Å². The van der Waals surface area contributed by atoms with E-state index >= 15 is 0 Å². The van der Waals surface area contributed by atoms with Crippen molar-refractivity contribution in [2.75, 3.05) is 5.32 Å². The summed E-state index contributed by atoms with van der Waals surface area (Å²) in [5.41, 5.74) is 2.38. The second-order valence-electron chi connectivity index (χ2n) is 6.53. The van der Waals surface area contributed by atoms with E-state index < -0.39 is 24.1 Å². The Balaban J connectivity index is 1.60. The monoisotopic (exact) mass is 366 g/mol. The van der Waals surface area contributed by atoms with Crippen LogP contribution in [-0.4, -0.2) is 38.8 Å². The van der Waals surface area contributed by atoms with E-state index in [1.54, 1.807) is 30.6 Å². The molecule has 1 aromatic carbocycles. The number of carbonyl (C=O) groups excluding carboxylic acids is 3. The number of imide groups is 1. The van der Waals surface area contributed by atoms with Crippen molar-refractivity contribution < 1.29 is 19.5 Å². The van der Waals surface area contributed by atoms with Gasteiger partial charge in [-0.1, -0.05) is 12.1 Å². The van der Waals surface area contributed by atoms with Crippen molar-refractivity contribution in [2.45, 2.75) is 31.7 Å². The summed E-state index contributed by atoms with van der Waals surface area (Å²) in [7, 11) is 0. The van der Waals surface area contributed by atoms with E-state index in [0.717, 1.165) is 10.5 Å². The first-order valence-corrected chi connectivity index (χ1v) is 8.66. The molecule has 4 rings (SSSR count). The second kappa shape index (κ2) is 6.81. The summed E-state index contributed by atoms with van der Waals surface area (Å²) in [5, 5.41) is 16.1. The molecule has 3 amide bonds. The molecule has 2 aliphatic heterocycles. The van der Waals surface area contributed by atoms with Gasteiger partial charge in [0.2, 0.25) is 11.8 Å². The molecule has 0 saturated carbocycles. The maximum absolute atomic E-state index is 13.0. The van der Waals surface area contributed by atoms with Crippen molar-refractivity contribution in [3.05, 3.63) is 59.4 Å². The molecule has 3 heterocycles. The molecule has 0 bridgehead atoms. The maximum atomic E-state index is 13.0. The Hall–Kier alpha value is -3.26. The van der Waals surface area contributed by atoms with E-state index in [-0.39, 0.29) is 18.7 Å². The number of anilines is 1. The molecule has 8 heteroatoms. The van der Waals surface area contributed by atoms with Gasteiger partial charge in [0.15, 0.2) is 6.23 Å². The molecule has 1 aromatic heterocycles. The highest BCUT2D eigenvalue weighted by Crippen LogP contribution is 2.38. The van der Waals surface area contributed by atoms with Crippen LogP contribution in [0.1, 0.15) is 40.6 Å². The minimum absolute atomic E-state index is 0.135. The number of piperidine rings is 1. The fraction of sp³-hybridized carbons (Fsp3) is 0.263. The number of aliphatic hydroxyl groups is 1. The largest absolute Gasteiger partial charge is 0.380 e. The normalized spacial score (nSPS) is 21.8. The molecule has 27 heavy (non-hydrogen) atoms. The zero-order valence-corrected chi connectivity index (χ0v) is 14.4. The van der Waals surface area contributed by atoms with Gasteiger partial charge in [-0.15, -0.1) is 0 Å². The van der Waals surface area contributed by atoms with E-state index in [0.29, 0.717) is 23.4 Å². The highest BCUT2D eigenvalue weighted by Gasteiger charge is 2.45. The number of amides is 3. The number of aliphatic hydroxyl groups excluding tert-OH is 1. The molecular formula is C19H18N4O4. The van der Waals surface area contributed by atoms with Gasteiger partial charge in [-0.05, 0) is 30.2 Å². The molecule has 2 unspecified atom stereocenters. The summed E-state index contributed by atoms with van der Waals surface area (Å²) in [6.45, 7) is 0.487. The average molecular weight is 366 g/mol. The zero-order valence-electron chi connectivity index (χ0n) is 14.4. The molecule has 0 aliphatic carbocycles. The first kappa shape index (κ1) is 17.2. The molecule has 1 fully saturated rings. The summed E-state index contributed by atoms with van der Waals surface area (Å²) < 4.78 is 0. The standard InChI is InChI=1S/C19H18N4O4/c24-15-5-4-14(17(25)22-15)23-18(26)12-2-1-3-13(16(12)19(23)27)21-10-11-6-8-20-9-7-11/h1-3,6-9,14,18,21,26H,4-5,10H2,(H,22,24,25). The smallest absolute Gasteiger partial charge is 0.259 e. The van der Waals surface area contributed by atoms with E-state index in [1.165, 1.54) is 0 Å². The lowest BCUT2D eigenvalue weighted by Crippen LogP contribution is -2.53. The van der Waals surface area contributed by atoms with Crippen LogP contribution in [0.4, 0.5) is 5.69 Å². The molecular weight excluding hydrogens is 348 g/mol. The number of pyridine rings is 1. The van der Waals surface area contributed by atoms with Crippen LogP contribution < -0.4 is 10.6 Å². The third-order valence-electron chi connectivity index (χ3n) is 4.86. The summed E-state index contributed by atoms with van der Waals surface area (Å²) in [4.78, 5) is 41.7. The van der Waals surface area contributed by atoms with Crippen LogP contribution in [0.2, 0.25) is 0 Å². The van der Waals surface area contributed by atoms with Gasteiger partial charge in [-0.2, -0.15) is 0 Å². The summed E-state index contributed by atoms with van der Waals surface area (Å²) in [6, 6.07) is 8.04. The van der Waals surface area contributed by atoms with Crippen LogP contribution in [0.5, 0.6) is 0 Å². The number of hydrogen-bond donors (Lipinski definition) is 3. The van der Waals surface area contributed by atoms with Gasteiger partial charge >= 0.3 is 0 Å². The SMILES string of the molecule is O=C1CCC(N2C(=O)c3c(NCc4ccncc4)cccc3C2O)C(=O)N1. The molecule has 138 valence electrons. The molecule has 3 N–H and O–H groups in total. The Morgan fingerprint density at radius 1 is 1.19 bits per heavy atom. The number of nitrogens with zero attached hydrogens (tertiary/aromatic N) is 2. The molecule has 2 atom stereocenters. The lowest BCUT2D eigenvalue weighted by Gasteiger charge is -2.31. The first-order chi connectivity index (χ1) is 13.1. The molecule has 0 radical (unpaired) electrons. The van der Waals surface area contributed by atoms with Crippen LogP contribution in [-0.2, 0) is 16.1 Å². The molecule has 1 saturated heterocycles. The summed E-state index contributed by atoms with van der Waals surface area (Å²) in [5.74, 6) is -1.35. The maximum Gasteiger partial charge on any atom is 0.259 e. The third-order valence-corrected chi connectivity index (χ3v) is 4.86. The number of aromatic nitrogens is 1. The van der Waals surface area contributed by atoms with Crippen molar-refractivity contribution in [3.63, 3.8) is 0 Å². The number of fused-ring (bicyclic) bond motifs is 1. The number of carbonyl (C=O) groups is 3. The Labute approximate surface area is 155 Å². The molecule has 0 spiro atoms. The van der Waals surface area contributed by atoms with Crippen LogP contribution in [0.3, 0.4) is 0 Å². The van der Waals surface area contributed by atoms with Gasteiger partial charge in [-0.3, -0.25) is 29.6 Å². The Morgan fingerprint density at radius 3 is 2.70 bits per heavy atom. The van der Waals surface area contributed by atoms with Gasteiger partial charge in [0, 0.05) is 36.6 Å². The van der Waals surface area contributed by atoms with Gasteiger partial charge < -0.3 is 10.4 Å². The minimum atomic E-state index is -1.22. The highest BCUT2D eigenvalue weighted by atomic mass is 16.3. The topological polar surface area (TPSA) is 112 Å². The van der Waals surface area contributed by atoms with Gasteiger partial charge in [0.25, 0.3) is 5.91 Å². The zero-order chi connectivity index (χ0) is 19.0. The van der Waals surface area contributed by atoms with Crippen LogP contribution >= 0.6 is 0 Å². The van der Waals surface area contributed by atoms with E-state index in [2.05, 4.69) is 15.6 Å². The van der Waals surface area contributed by atoms with Crippen molar-refractivity contribution in [3.8, 4) is 0 Å². The second-order valence-corrected chi connectivity index (χ2v) is 6.53. The fourth-order valence-corrected chi connectivity index (χ4v) is 3.52. The van der Waals surface area contributed by atoms with E-state index in [1.807, 2.05) is 12.1 Å². The van der Waals surface area contributed by atoms with Crippen molar-refractivity contribution in [2.24, 2.45) is 0 Å². The number of hydrogen-bond acceptors (Lipinski definition) is 6. The molecule has 2 aromatic rings. The third kappa shape index (κ3) is 3.04. The van der Waals surface area contributed by atoms with E-state index in [9.17, 15) is 19.5 Å². The molecule has 2 aliphatic rings. The fourth-order valence-electron chi connectivity index (χ4n) is 3.52. The predicted molar refractivity (Wildman–Crippen MR) is 95.3 cm³/mol. The summed E-state index contributed by atoms with van der Waals surface area (Å²) in [6.07, 6.45) is 2.48. The van der Waals surface area contributed by atoms with Gasteiger partial charge in [0.1, 0.15) is 6.04 Å². The van der Waals surface area contributed by atoms with Crippen molar-refractivity contribution in [1.82, 2.24) is 15.2 Å². The first-order valence-electron chi connectivity index (χ1n) is 8.66. The van der Waals surface area contributed by atoms with Crippen LogP contribution in [0, 0.1) is 0 Å². The lowest BCUT2D eigenvalue weighted by atomic mass is 10.0. The highest BCUT2D eigenvalue weighted by molar-refractivity contribution is 6.08. The van der Waals surface area contributed by atoms with Gasteiger partial charge in [-0.25, -0.2) is 0 Å².